The van der Waals surface area contributed by atoms with Gasteiger partial charge in [-0.05, 0) is 51.7 Å². The summed E-state index contributed by atoms with van der Waals surface area (Å²) in [7, 11) is 4.14. The molecule has 0 aliphatic heterocycles. The number of nitrogens with two attached hydrogens (primary N) is 1. The lowest BCUT2D eigenvalue weighted by atomic mass is 10.0. The molecule has 0 bridgehead atoms. The van der Waals surface area contributed by atoms with E-state index in [0.717, 1.165) is 25.8 Å². The first kappa shape index (κ1) is 18.4. The molecule has 19 heavy (non-hydrogen) atoms. The molecule has 0 spiro atoms. The van der Waals surface area contributed by atoms with Crippen molar-refractivity contribution in [2.24, 2.45) is 17.6 Å². The van der Waals surface area contributed by atoms with E-state index in [1.807, 2.05) is 0 Å². The highest BCUT2D eigenvalue weighted by Gasteiger charge is 2.14. The number of hydrogen-bond acceptors (Lipinski definition) is 3. The minimum atomic E-state index is 0.166. The summed E-state index contributed by atoms with van der Waals surface area (Å²) in [5.41, 5.74) is 5.51. The first-order valence-corrected chi connectivity index (χ1v) is 7.50. The fourth-order valence-corrected chi connectivity index (χ4v) is 2.15. The smallest absolute Gasteiger partial charge is 0.220 e. The van der Waals surface area contributed by atoms with Gasteiger partial charge in [0.05, 0.1) is 0 Å². The fourth-order valence-electron chi connectivity index (χ4n) is 2.15. The minimum Gasteiger partial charge on any atom is -0.355 e. The van der Waals surface area contributed by atoms with Crippen LogP contribution in [0.5, 0.6) is 0 Å². The normalized spacial score (nSPS) is 14.7. The minimum absolute atomic E-state index is 0.166. The van der Waals surface area contributed by atoms with Gasteiger partial charge in [0.2, 0.25) is 5.91 Å². The van der Waals surface area contributed by atoms with Gasteiger partial charge in [-0.3, -0.25) is 4.79 Å². The molecule has 0 aromatic rings. The van der Waals surface area contributed by atoms with Crippen LogP contribution in [0.15, 0.2) is 0 Å². The van der Waals surface area contributed by atoms with Crippen molar-refractivity contribution in [2.45, 2.75) is 52.5 Å². The van der Waals surface area contributed by atoms with Crippen molar-refractivity contribution >= 4 is 5.91 Å². The third-order valence-electron chi connectivity index (χ3n) is 3.53. The van der Waals surface area contributed by atoms with Crippen molar-refractivity contribution in [1.29, 1.82) is 0 Å². The fraction of sp³-hybridized carbons (Fsp3) is 0.933. The second-order valence-corrected chi connectivity index (χ2v) is 6.27. The predicted molar refractivity (Wildman–Crippen MR) is 82.0 cm³/mol. The number of nitrogens with zero attached hydrogens (tertiary/aromatic N) is 1. The molecule has 4 nitrogen and oxygen atoms in total. The van der Waals surface area contributed by atoms with Gasteiger partial charge < -0.3 is 16.0 Å². The van der Waals surface area contributed by atoms with Crippen molar-refractivity contribution in [3.8, 4) is 0 Å². The predicted octanol–water partition coefficient (Wildman–Crippen LogP) is 1.84. The van der Waals surface area contributed by atoms with E-state index in [1.165, 1.54) is 0 Å². The van der Waals surface area contributed by atoms with Crippen LogP contribution >= 0.6 is 0 Å². The Morgan fingerprint density at radius 3 is 2.32 bits per heavy atom. The van der Waals surface area contributed by atoms with Gasteiger partial charge in [-0.25, -0.2) is 0 Å². The Balaban J connectivity index is 3.91. The zero-order valence-corrected chi connectivity index (χ0v) is 13.4. The van der Waals surface area contributed by atoms with Crippen molar-refractivity contribution in [2.75, 3.05) is 27.2 Å². The van der Waals surface area contributed by atoms with E-state index in [9.17, 15) is 4.79 Å². The highest BCUT2D eigenvalue weighted by Crippen LogP contribution is 2.10. The summed E-state index contributed by atoms with van der Waals surface area (Å²) in [5.74, 6) is 1.35. The average Bonchev–Trinajstić information content (AvgIpc) is 2.31. The number of nitrogens with one attached hydrogen (secondary N) is 1. The van der Waals surface area contributed by atoms with Gasteiger partial charge >= 0.3 is 0 Å². The zero-order chi connectivity index (χ0) is 14.8. The Morgan fingerprint density at radius 1 is 1.21 bits per heavy atom. The van der Waals surface area contributed by atoms with Gasteiger partial charge in [-0.2, -0.15) is 0 Å². The molecule has 0 radical (unpaired) electrons. The van der Waals surface area contributed by atoms with Gasteiger partial charge in [-0.1, -0.05) is 20.8 Å². The largest absolute Gasteiger partial charge is 0.355 e. The molecule has 0 saturated heterocycles. The second kappa shape index (κ2) is 10.2. The molecule has 0 heterocycles. The highest BCUT2D eigenvalue weighted by atomic mass is 16.1. The van der Waals surface area contributed by atoms with Gasteiger partial charge in [-0.15, -0.1) is 0 Å². The second-order valence-electron chi connectivity index (χ2n) is 6.27. The third kappa shape index (κ3) is 9.91. The molecule has 4 heteroatoms. The molecule has 114 valence electrons. The topological polar surface area (TPSA) is 58.4 Å². The molecule has 0 aromatic heterocycles. The molecule has 0 saturated carbocycles. The van der Waals surface area contributed by atoms with Crippen LogP contribution in [0.2, 0.25) is 0 Å². The van der Waals surface area contributed by atoms with Crippen LogP contribution in [0.4, 0.5) is 0 Å². The van der Waals surface area contributed by atoms with Crippen LogP contribution in [-0.2, 0) is 4.79 Å². The van der Waals surface area contributed by atoms with Gasteiger partial charge in [0, 0.05) is 19.0 Å². The third-order valence-corrected chi connectivity index (χ3v) is 3.53. The molecule has 0 aromatic carbocycles. The number of hydrogen-bond donors (Lipinski definition) is 2. The van der Waals surface area contributed by atoms with Gasteiger partial charge in [0.15, 0.2) is 0 Å². The highest BCUT2D eigenvalue weighted by molar-refractivity contribution is 5.75. The first-order chi connectivity index (χ1) is 8.86. The number of carbonyl (C=O) groups is 1. The lowest BCUT2D eigenvalue weighted by Gasteiger charge is -2.26. The molecular weight excluding hydrogens is 238 g/mol. The van der Waals surface area contributed by atoms with Crippen LogP contribution < -0.4 is 11.1 Å². The summed E-state index contributed by atoms with van der Waals surface area (Å²) >= 11 is 0. The molecular formula is C15H33N3O. The van der Waals surface area contributed by atoms with Crippen LogP contribution in [0.3, 0.4) is 0 Å². The van der Waals surface area contributed by atoms with E-state index < -0.39 is 0 Å². The quantitative estimate of drug-likeness (QED) is 0.637. The van der Waals surface area contributed by atoms with E-state index in [0.29, 0.717) is 30.8 Å². The molecule has 2 unspecified atom stereocenters. The maximum atomic E-state index is 11.8. The molecule has 0 fully saturated rings. The average molecular weight is 271 g/mol. The van der Waals surface area contributed by atoms with E-state index in [-0.39, 0.29) is 5.91 Å². The SMILES string of the molecule is CC(C)CC(CNC(=O)CCC(C)CCN)N(C)C. The molecule has 0 aliphatic rings. The van der Waals surface area contributed by atoms with Crippen LogP contribution in [0.1, 0.15) is 46.5 Å². The van der Waals surface area contributed by atoms with E-state index in [2.05, 4.69) is 45.1 Å². The molecule has 0 rings (SSSR count). The maximum absolute atomic E-state index is 11.8. The number of likely N-dealkylation sites (N-methyl/N-ethyl adjacent to an activating group) is 1. The van der Waals surface area contributed by atoms with Crippen LogP contribution in [0, 0.1) is 11.8 Å². The summed E-state index contributed by atoms with van der Waals surface area (Å²) < 4.78 is 0. The standard InChI is InChI=1S/C15H33N3O/c1-12(2)10-14(18(4)5)11-17-15(19)7-6-13(3)8-9-16/h12-14H,6-11,16H2,1-5H3,(H,17,19). The summed E-state index contributed by atoms with van der Waals surface area (Å²) in [5, 5.41) is 3.06. The zero-order valence-electron chi connectivity index (χ0n) is 13.4. The summed E-state index contributed by atoms with van der Waals surface area (Å²) in [6, 6.07) is 0.422. The monoisotopic (exact) mass is 271 g/mol. The number of carbonyl (C=O) groups excluding carboxylic acids is 1. The summed E-state index contributed by atoms with van der Waals surface area (Å²) in [6.45, 7) is 8.04. The Hall–Kier alpha value is -0.610. The van der Waals surface area contributed by atoms with Crippen molar-refractivity contribution < 1.29 is 4.79 Å². The Morgan fingerprint density at radius 2 is 1.84 bits per heavy atom. The van der Waals surface area contributed by atoms with Crippen molar-refractivity contribution in [3.63, 3.8) is 0 Å². The lowest BCUT2D eigenvalue weighted by molar-refractivity contribution is -0.121. The van der Waals surface area contributed by atoms with E-state index >= 15 is 0 Å². The van der Waals surface area contributed by atoms with Gasteiger partial charge in [0.1, 0.15) is 0 Å². The number of amides is 1. The van der Waals surface area contributed by atoms with Crippen LogP contribution in [0.25, 0.3) is 0 Å². The Kier molecular flexibility index (Phi) is 9.88. The van der Waals surface area contributed by atoms with E-state index in [4.69, 9.17) is 5.73 Å². The van der Waals surface area contributed by atoms with Crippen molar-refractivity contribution in [3.05, 3.63) is 0 Å². The van der Waals surface area contributed by atoms with E-state index in [1.54, 1.807) is 0 Å². The van der Waals surface area contributed by atoms with Crippen molar-refractivity contribution in [1.82, 2.24) is 10.2 Å². The van der Waals surface area contributed by atoms with Crippen LogP contribution in [-0.4, -0.2) is 44.0 Å². The Bertz CT molecular complexity index is 242. The molecule has 0 aliphatic carbocycles. The molecule has 2 atom stereocenters. The molecule has 1 amide bonds. The maximum Gasteiger partial charge on any atom is 0.220 e. The van der Waals surface area contributed by atoms with Gasteiger partial charge in [0.25, 0.3) is 0 Å². The first-order valence-electron chi connectivity index (χ1n) is 7.50. The molecule has 3 N–H and O–H groups in total. The summed E-state index contributed by atoms with van der Waals surface area (Å²) in [6.07, 6.45) is 3.65. The summed E-state index contributed by atoms with van der Waals surface area (Å²) in [4.78, 5) is 14.0. The lowest BCUT2D eigenvalue weighted by Crippen LogP contribution is -2.41. The Labute approximate surface area is 119 Å². The number of rotatable bonds is 10.